The third-order valence-electron chi connectivity index (χ3n) is 3.28. The second kappa shape index (κ2) is 8.09. The highest BCUT2D eigenvalue weighted by molar-refractivity contribution is 6.35. The largest absolute Gasteiger partial charge is 0.496 e. The van der Waals surface area contributed by atoms with Crippen molar-refractivity contribution >= 4 is 34.8 Å². The topological polar surface area (TPSA) is 47.6 Å². The van der Waals surface area contributed by atoms with Gasteiger partial charge in [-0.25, -0.2) is 0 Å². The average Bonchev–Trinajstić information content (AvgIpc) is 2.51. The van der Waals surface area contributed by atoms with Crippen LogP contribution in [0.2, 0.25) is 10.0 Å². The van der Waals surface area contributed by atoms with Crippen molar-refractivity contribution in [1.82, 2.24) is 0 Å². The van der Waals surface area contributed by atoms with Crippen LogP contribution in [0.3, 0.4) is 0 Å². The number of nitrogens with one attached hydrogen (secondary N) is 1. The molecular formula is C17H17Cl2NO3. The van der Waals surface area contributed by atoms with Crippen LogP contribution in [0.4, 0.5) is 5.69 Å². The van der Waals surface area contributed by atoms with Crippen LogP contribution >= 0.6 is 23.2 Å². The van der Waals surface area contributed by atoms with Gasteiger partial charge in [-0.15, -0.1) is 0 Å². The fourth-order valence-electron chi connectivity index (χ4n) is 2.26. The minimum absolute atomic E-state index is 0.142. The number of carbonyl (C=O) groups excluding carboxylic acids is 1. The highest BCUT2D eigenvalue weighted by Crippen LogP contribution is 2.29. The Balaban J connectivity index is 2.05. The molecule has 0 radical (unpaired) electrons. The molecule has 6 heteroatoms. The summed E-state index contributed by atoms with van der Waals surface area (Å²) in [6.07, 6.45) is 0.772. The molecule has 0 saturated heterocycles. The predicted octanol–water partition coefficient (Wildman–Crippen LogP) is 4.58. The summed E-state index contributed by atoms with van der Waals surface area (Å²) in [4.78, 5) is 12.1. The maximum atomic E-state index is 12.1. The van der Waals surface area contributed by atoms with Crippen molar-refractivity contribution in [2.75, 3.05) is 19.5 Å². The highest BCUT2D eigenvalue weighted by Gasteiger charge is 2.12. The van der Waals surface area contributed by atoms with Gasteiger partial charge in [-0.2, -0.15) is 0 Å². The Kier molecular flexibility index (Phi) is 6.13. The summed E-state index contributed by atoms with van der Waals surface area (Å²) in [5.41, 5.74) is 1.43. The van der Waals surface area contributed by atoms with Crippen LogP contribution in [-0.4, -0.2) is 20.1 Å². The minimum Gasteiger partial charge on any atom is -0.496 e. The first-order valence-corrected chi connectivity index (χ1v) is 7.75. The molecule has 2 rings (SSSR count). The molecule has 0 unspecified atom stereocenters. The first kappa shape index (κ1) is 17.4. The van der Waals surface area contributed by atoms with Crippen LogP contribution in [0.5, 0.6) is 11.5 Å². The van der Waals surface area contributed by atoms with Gasteiger partial charge in [0.05, 0.1) is 14.2 Å². The molecule has 122 valence electrons. The van der Waals surface area contributed by atoms with Crippen molar-refractivity contribution in [3.63, 3.8) is 0 Å². The lowest BCUT2D eigenvalue weighted by Gasteiger charge is -2.13. The Hall–Kier alpha value is -1.91. The van der Waals surface area contributed by atoms with Crippen LogP contribution in [-0.2, 0) is 11.2 Å². The average molecular weight is 354 g/mol. The lowest BCUT2D eigenvalue weighted by Crippen LogP contribution is -2.13. The molecule has 1 N–H and O–H groups in total. The number of rotatable bonds is 6. The van der Waals surface area contributed by atoms with Crippen molar-refractivity contribution in [2.45, 2.75) is 12.8 Å². The zero-order valence-electron chi connectivity index (χ0n) is 12.9. The Labute approximate surface area is 145 Å². The number of hydrogen-bond donors (Lipinski definition) is 1. The van der Waals surface area contributed by atoms with Crippen LogP contribution in [0, 0.1) is 0 Å². The smallest absolute Gasteiger partial charge is 0.224 e. The highest BCUT2D eigenvalue weighted by atomic mass is 35.5. The van der Waals surface area contributed by atoms with Gasteiger partial charge >= 0.3 is 0 Å². The number of methoxy groups -OCH3 is 2. The summed E-state index contributed by atoms with van der Waals surface area (Å²) < 4.78 is 10.6. The zero-order valence-corrected chi connectivity index (χ0v) is 14.4. The maximum absolute atomic E-state index is 12.1. The summed E-state index contributed by atoms with van der Waals surface area (Å²) >= 11 is 11.8. The van der Waals surface area contributed by atoms with E-state index in [1.54, 1.807) is 32.4 Å². The van der Waals surface area contributed by atoms with Crippen molar-refractivity contribution < 1.29 is 14.3 Å². The molecule has 1 amide bonds. The van der Waals surface area contributed by atoms with E-state index in [1.165, 1.54) is 0 Å². The Morgan fingerprint density at radius 2 is 1.61 bits per heavy atom. The first-order chi connectivity index (χ1) is 11.0. The van der Waals surface area contributed by atoms with E-state index in [1.807, 2.05) is 18.2 Å². The normalized spacial score (nSPS) is 10.3. The van der Waals surface area contributed by atoms with Crippen LogP contribution < -0.4 is 14.8 Å². The molecule has 23 heavy (non-hydrogen) atoms. The molecule has 0 aliphatic rings. The zero-order chi connectivity index (χ0) is 16.8. The molecule has 2 aromatic carbocycles. The van der Waals surface area contributed by atoms with Gasteiger partial charge in [0.15, 0.2) is 0 Å². The van der Waals surface area contributed by atoms with Gasteiger partial charge in [-0.05, 0) is 36.8 Å². The van der Waals surface area contributed by atoms with Gasteiger partial charge in [0, 0.05) is 27.7 Å². The van der Waals surface area contributed by atoms with Gasteiger partial charge < -0.3 is 14.8 Å². The third kappa shape index (κ3) is 4.78. The minimum atomic E-state index is -0.142. The van der Waals surface area contributed by atoms with Crippen molar-refractivity contribution in [3.05, 3.63) is 52.0 Å². The summed E-state index contributed by atoms with van der Waals surface area (Å²) in [5, 5.41) is 3.72. The fraction of sp³-hybridized carbons (Fsp3) is 0.235. The van der Waals surface area contributed by atoms with E-state index >= 15 is 0 Å². The SMILES string of the molecule is COc1cccc(OC)c1CCC(=O)Nc1cc(Cl)cc(Cl)c1. The van der Waals surface area contributed by atoms with E-state index in [0.717, 1.165) is 5.56 Å². The lowest BCUT2D eigenvalue weighted by molar-refractivity contribution is -0.116. The molecule has 0 saturated carbocycles. The number of carbonyl (C=O) groups is 1. The number of anilines is 1. The molecule has 0 spiro atoms. The van der Waals surface area contributed by atoms with E-state index < -0.39 is 0 Å². The van der Waals surface area contributed by atoms with E-state index in [0.29, 0.717) is 33.7 Å². The molecule has 0 fully saturated rings. The van der Waals surface area contributed by atoms with Gasteiger partial charge in [-0.1, -0.05) is 29.3 Å². The van der Waals surface area contributed by atoms with Crippen molar-refractivity contribution in [3.8, 4) is 11.5 Å². The number of benzene rings is 2. The summed E-state index contributed by atoms with van der Waals surface area (Å²) in [6.45, 7) is 0. The fourth-order valence-corrected chi connectivity index (χ4v) is 2.79. The van der Waals surface area contributed by atoms with E-state index in [4.69, 9.17) is 32.7 Å². The summed E-state index contributed by atoms with van der Waals surface area (Å²) in [6, 6.07) is 10.4. The van der Waals surface area contributed by atoms with Crippen LogP contribution in [0.25, 0.3) is 0 Å². The van der Waals surface area contributed by atoms with Gasteiger partial charge in [-0.3, -0.25) is 4.79 Å². The molecule has 0 bridgehead atoms. The molecule has 0 aromatic heterocycles. The Morgan fingerprint density at radius 3 is 2.13 bits per heavy atom. The Morgan fingerprint density at radius 1 is 1.04 bits per heavy atom. The number of halogens is 2. The molecule has 4 nitrogen and oxygen atoms in total. The van der Waals surface area contributed by atoms with Crippen LogP contribution in [0.15, 0.2) is 36.4 Å². The Bertz CT molecular complexity index is 662. The summed E-state index contributed by atoms with van der Waals surface area (Å²) in [7, 11) is 3.18. The monoisotopic (exact) mass is 353 g/mol. The summed E-state index contributed by atoms with van der Waals surface area (Å²) in [5.74, 6) is 1.25. The lowest BCUT2D eigenvalue weighted by atomic mass is 10.1. The first-order valence-electron chi connectivity index (χ1n) is 6.99. The number of amides is 1. The molecule has 0 aliphatic carbocycles. The number of ether oxygens (including phenoxy) is 2. The van der Waals surface area contributed by atoms with Gasteiger partial charge in [0.2, 0.25) is 5.91 Å². The molecule has 2 aromatic rings. The van der Waals surface area contributed by atoms with E-state index in [2.05, 4.69) is 5.32 Å². The second-order valence-corrected chi connectivity index (χ2v) is 5.72. The van der Waals surface area contributed by atoms with Crippen LogP contribution in [0.1, 0.15) is 12.0 Å². The van der Waals surface area contributed by atoms with E-state index in [9.17, 15) is 4.79 Å². The third-order valence-corrected chi connectivity index (χ3v) is 3.71. The van der Waals surface area contributed by atoms with E-state index in [-0.39, 0.29) is 12.3 Å². The van der Waals surface area contributed by atoms with Crippen molar-refractivity contribution in [1.29, 1.82) is 0 Å². The van der Waals surface area contributed by atoms with Gasteiger partial charge in [0.1, 0.15) is 11.5 Å². The molecule has 0 aliphatic heterocycles. The van der Waals surface area contributed by atoms with Gasteiger partial charge in [0.25, 0.3) is 0 Å². The number of hydrogen-bond acceptors (Lipinski definition) is 3. The molecule has 0 heterocycles. The predicted molar refractivity (Wildman–Crippen MR) is 93.0 cm³/mol. The second-order valence-electron chi connectivity index (χ2n) is 4.85. The molecule has 0 atom stereocenters. The molecular weight excluding hydrogens is 337 g/mol. The maximum Gasteiger partial charge on any atom is 0.224 e. The van der Waals surface area contributed by atoms with Crippen molar-refractivity contribution in [2.24, 2.45) is 0 Å². The quantitative estimate of drug-likeness (QED) is 0.826. The standard InChI is InChI=1S/C17H17Cl2NO3/c1-22-15-4-3-5-16(23-2)14(15)6-7-17(21)20-13-9-11(18)8-12(19)10-13/h3-5,8-10H,6-7H2,1-2H3,(H,20,21).